The van der Waals surface area contributed by atoms with Gasteiger partial charge in [0.1, 0.15) is 0 Å². The highest BCUT2D eigenvalue weighted by atomic mass is 16.4. The molecule has 1 aliphatic rings. The number of nitrogens with zero attached hydrogens (tertiary/aromatic N) is 1. The number of fused-ring (bicyclic) bond motifs is 1. The van der Waals surface area contributed by atoms with Gasteiger partial charge >= 0.3 is 6.09 Å². The Morgan fingerprint density at radius 1 is 1.15 bits per heavy atom. The SMILES string of the molecule is CC(=O)N1c2cc(N)c(NC(=O)O)cc2C(C)(c2ccccc2)CC1(C)C. The van der Waals surface area contributed by atoms with E-state index in [1.165, 1.54) is 6.92 Å². The van der Waals surface area contributed by atoms with Gasteiger partial charge in [0.25, 0.3) is 0 Å². The van der Waals surface area contributed by atoms with Gasteiger partial charge in [0.15, 0.2) is 0 Å². The maximum absolute atomic E-state index is 12.5. The molecule has 0 fully saturated rings. The Labute approximate surface area is 159 Å². The van der Waals surface area contributed by atoms with Gasteiger partial charge in [-0.25, -0.2) is 4.79 Å². The number of carboxylic acid groups (broad SMARTS) is 1. The normalized spacial score (nSPS) is 20.7. The van der Waals surface area contributed by atoms with Crippen LogP contribution in [-0.4, -0.2) is 22.6 Å². The largest absolute Gasteiger partial charge is 0.465 e. The van der Waals surface area contributed by atoms with Gasteiger partial charge in [-0.3, -0.25) is 10.1 Å². The average Bonchev–Trinajstić information content (AvgIpc) is 2.55. The van der Waals surface area contributed by atoms with E-state index in [-0.39, 0.29) is 11.6 Å². The van der Waals surface area contributed by atoms with Crippen molar-refractivity contribution < 1.29 is 14.7 Å². The molecule has 0 aliphatic carbocycles. The lowest BCUT2D eigenvalue weighted by Gasteiger charge is -2.51. The van der Waals surface area contributed by atoms with Crippen LogP contribution in [0.2, 0.25) is 0 Å². The summed E-state index contributed by atoms with van der Waals surface area (Å²) in [5.74, 6) is -0.0743. The summed E-state index contributed by atoms with van der Waals surface area (Å²) < 4.78 is 0. The zero-order valence-electron chi connectivity index (χ0n) is 16.0. The third-order valence-corrected chi connectivity index (χ3v) is 5.36. The summed E-state index contributed by atoms with van der Waals surface area (Å²) in [4.78, 5) is 25.4. The van der Waals surface area contributed by atoms with E-state index in [2.05, 4.69) is 24.4 Å². The van der Waals surface area contributed by atoms with E-state index in [4.69, 9.17) is 10.8 Å². The van der Waals surface area contributed by atoms with E-state index in [1.807, 2.05) is 32.0 Å². The number of hydrogen-bond acceptors (Lipinski definition) is 3. The van der Waals surface area contributed by atoms with Crippen LogP contribution < -0.4 is 16.0 Å². The minimum absolute atomic E-state index is 0.0743. The Bertz CT molecular complexity index is 908. The average molecular weight is 367 g/mol. The molecule has 3 rings (SSSR count). The van der Waals surface area contributed by atoms with Gasteiger partial charge in [0.05, 0.1) is 17.1 Å². The minimum Gasteiger partial charge on any atom is -0.465 e. The molecule has 2 aromatic rings. The van der Waals surface area contributed by atoms with Crippen molar-refractivity contribution in [3.8, 4) is 0 Å². The number of anilines is 3. The number of hydrogen-bond donors (Lipinski definition) is 3. The fourth-order valence-electron chi connectivity index (χ4n) is 4.48. The lowest BCUT2D eigenvalue weighted by molar-refractivity contribution is -0.117. The van der Waals surface area contributed by atoms with E-state index in [0.717, 1.165) is 16.8 Å². The highest BCUT2D eigenvalue weighted by Gasteiger charge is 2.47. The van der Waals surface area contributed by atoms with Gasteiger partial charge < -0.3 is 15.7 Å². The molecular formula is C21H25N3O3. The fourth-order valence-corrected chi connectivity index (χ4v) is 4.48. The van der Waals surface area contributed by atoms with Crippen molar-refractivity contribution in [2.24, 2.45) is 0 Å². The lowest BCUT2D eigenvalue weighted by atomic mass is 9.65. The Morgan fingerprint density at radius 2 is 1.78 bits per heavy atom. The minimum atomic E-state index is -1.18. The van der Waals surface area contributed by atoms with Crippen molar-refractivity contribution in [1.82, 2.24) is 0 Å². The first-order chi connectivity index (χ1) is 12.6. The summed E-state index contributed by atoms with van der Waals surface area (Å²) in [6.07, 6.45) is -0.491. The summed E-state index contributed by atoms with van der Waals surface area (Å²) in [7, 11) is 0. The molecule has 0 spiro atoms. The number of carbonyl (C=O) groups excluding carboxylic acids is 1. The molecule has 0 bridgehead atoms. The van der Waals surface area contributed by atoms with Crippen LogP contribution in [0.25, 0.3) is 0 Å². The molecule has 1 aliphatic heterocycles. The number of benzene rings is 2. The molecule has 0 radical (unpaired) electrons. The van der Waals surface area contributed by atoms with E-state index in [0.29, 0.717) is 12.1 Å². The highest BCUT2D eigenvalue weighted by Crippen LogP contribution is 2.52. The number of nitrogens with two attached hydrogens (primary N) is 1. The standard InChI is InChI=1S/C21H25N3O3/c1-13(25)24-18-11-16(22)17(23-19(26)27)10-15(18)21(4,12-20(24,2)3)14-8-6-5-7-9-14/h5-11,23H,12,22H2,1-4H3,(H,26,27). The zero-order valence-corrected chi connectivity index (χ0v) is 16.0. The van der Waals surface area contributed by atoms with Gasteiger partial charge in [-0.1, -0.05) is 37.3 Å². The second-order valence-electron chi connectivity index (χ2n) is 7.93. The van der Waals surface area contributed by atoms with Gasteiger partial charge in [0.2, 0.25) is 5.91 Å². The second-order valence-corrected chi connectivity index (χ2v) is 7.93. The highest BCUT2D eigenvalue weighted by molar-refractivity contribution is 5.98. The predicted octanol–water partition coefficient (Wildman–Crippen LogP) is 4.20. The number of nitrogen functional groups attached to an aromatic ring is 1. The first-order valence-corrected chi connectivity index (χ1v) is 8.86. The molecule has 0 saturated carbocycles. The van der Waals surface area contributed by atoms with E-state index >= 15 is 0 Å². The Hall–Kier alpha value is -3.02. The Morgan fingerprint density at radius 3 is 2.33 bits per heavy atom. The van der Waals surface area contributed by atoms with Crippen molar-refractivity contribution in [2.75, 3.05) is 16.0 Å². The maximum Gasteiger partial charge on any atom is 0.409 e. The molecule has 1 unspecified atom stereocenters. The maximum atomic E-state index is 12.5. The summed E-state index contributed by atoms with van der Waals surface area (Å²) >= 11 is 0. The molecule has 0 saturated heterocycles. The number of carbonyl (C=O) groups is 2. The second kappa shape index (κ2) is 6.30. The van der Waals surface area contributed by atoms with Crippen LogP contribution in [0.15, 0.2) is 42.5 Å². The van der Waals surface area contributed by atoms with Gasteiger partial charge in [-0.2, -0.15) is 0 Å². The molecule has 6 heteroatoms. The van der Waals surface area contributed by atoms with Crippen LogP contribution >= 0.6 is 0 Å². The van der Waals surface area contributed by atoms with Gasteiger partial charge in [-0.05, 0) is 43.5 Å². The topological polar surface area (TPSA) is 95.7 Å². The van der Waals surface area contributed by atoms with Crippen molar-refractivity contribution in [3.63, 3.8) is 0 Å². The summed E-state index contributed by atoms with van der Waals surface area (Å²) in [6.45, 7) is 7.74. The summed E-state index contributed by atoms with van der Waals surface area (Å²) in [5, 5.41) is 11.5. The first kappa shape index (κ1) is 18.8. The zero-order chi connectivity index (χ0) is 20.0. The molecule has 27 heavy (non-hydrogen) atoms. The molecule has 4 N–H and O–H groups in total. The molecule has 2 amide bonds. The first-order valence-electron chi connectivity index (χ1n) is 8.86. The molecule has 6 nitrogen and oxygen atoms in total. The third kappa shape index (κ3) is 3.12. The molecule has 0 aromatic heterocycles. The van der Waals surface area contributed by atoms with Crippen molar-refractivity contribution >= 4 is 29.1 Å². The van der Waals surface area contributed by atoms with Crippen LogP contribution in [-0.2, 0) is 10.2 Å². The predicted molar refractivity (Wildman–Crippen MR) is 107 cm³/mol. The van der Waals surface area contributed by atoms with Crippen LogP contribution in [0.4, 0.5) is 21.9 Å². The van der Waals surface area contributed by atoms with Crippen LogP contribution in [0.3, 0.4) is 0 Å². The smallest absolute Gasteiger partial charge is 0.409 e. The summed E-state index contributed by atoms with van der Waals surface area (Å²) in [6, 6.07) is 13.5. The molecule has 1 heterocycles. The number of rotatable bonds is 2. The van der Waals surface area contributed by atoms with Crippen LogP contribution in [0, 0.1) is 0 Å². The molecule has 142 valence electrons. The van der Waals surface area contributed by atoms with Crippen molar-refractivity contribution in [3.05, 3.63) is 53.6 Å². The summed E-state index contributed by atoms with van der Waals surface area (Å²) in [5.41, 5.74) is 8.58. The van der Waals surface area contributed by atoms with Crippen molar-refractivity contribution in [1.29, 1.82) is 0 Å². The molecule has 1 atom stereocenters. The lowest BCUT2D eigenvalue weighted by Crippen LogP contribution is -2.55. The van der Waals surface area contributed by atoms with E-state index < -0.39 is 17.0 Å². The van der Waals surface area contributed by atoms with E-state index in [1.54, 1.807) is 17.0 Å². The quantitative estimate of drug-likeness (QED) is 0.693. The van der Waals surface area contributed by atoms with Gasteiger partial charge in [-0.15, -0.1) is 0 Å². The van der Waals surface area contributed by atoms with Crippen LogP contribution in [0.1, 0.15) is 45.2 Å². The Kier molecular flexibility index (Phi) is 4.38. The monoisotopic (exact) mass is 367 g/mol. The number of amides is 2. The third-order valence-electron chi connectivity index (χ3n) is 5.36. The van der Waals surface area contributed by atoms with Gasteiger partial charge in [0, 0.05) is 17.9 Å². The fraction of sp³-hybridized carbons (Fsp3) is 0.333. The molecule has 2 aromatic carbocycles. The molecular weight excluding hydrogens is 342 g/mol. The van der Waals surface area contributed by atoms with Crippen molar-refractivity contribution in [2.45, 2.75) is 45.1 Å². The van der Waals surface area contributed by atoms with Crippen LogP contribution in [0.5, 0.6) is 0 Å². The number of nitrogens with one attached hydrogen (secondary N) is 1. The Balaban J connectivity index is 2.32. The van der Waals surface area contributed by atoms with E-state index in [9.17, 15) is 9.59 Å².